The molecule has 2 heterocycles. The normalized spacial score (nSPS) is 16.0. The Bertz CT molecular complexity index is 897. The van der Waals surface area contributed by atoms with Crippen LogP contribution in [0.15, 0.2) is 30.5 Å². The van der Waals surface area contributed by atoms with Gasteiger partial charge in [0.05, 0.1) is 23.1 Å². The van der Waals surface area contributed by atoms with Crippen molar-refractivity contribution < 1.29 is 13.2 Å². The Kier molecular flexibility index (Phi) is 3.14. The molecule has 4 rings (SSSR count). The van der Waals surface area contributed by atoms with E-state index < -0.39 is 17.8 Å². The molecule has 3 aromatic rings. The molecule has 23 heavy (non-hydrogen) atoms. The second-order valence-corrected chi connectivity index (χ2v) is 5.94. The maximum atomic E-state index is 13.6. The summed E-state index contributed by atoms with van der Waals surface area (Å²) >= 11 is 0. The Morgan fingerprint density at radius 1 is 1.13 bits per heavy atom. The third-order valence-corrected chi connectivity index (χ3v) is 4.17. The van der Waals surface area contributed by atoms with E-state index in [1.165, 1.54) is 19.1 Å². The van der Waals surface area contributed by atoms with Crippen LogP contribution in [0.5, 0.6) is 0 Å². The van der Waals surface area contributed by atoms with E-state index in [4.69, 9.17) is 0 Å². The standard InChI is InChI=1S/C17H14F3N3/c1-9(18)15-5-11(8-21-22-15)16-6-10-4-13(19)14(20)7-17(10)23(16)12-2-3-12/h4-9,12H,2-3H2,1H3. The Morgan fingerprint density at radius 3 is 2.57 bits per heavy atom. The van der Waals surface area contributed by atoms with Gasteiger partial charge in [-0.25, -0.2) is 13.2 Å². The summed E-state index contributed by atoms with van der Waals surface area (Å²) in [5.74, 6) is -1.74. The molecule has 3 nitrogen and oxygen atoms in total. The number of rotatable bonds is 3. The fourth-order valence-electron chi connectivity index (χ4n) is 2.89. The third-order valence-electron chi connectivity index (χ3n) is 4.17. The number of fused-ring (bicyclic) bond motifs is 1. The van der Waals surface area contributed by atoms with Crippen molar-refractivity contribution >= 4 is 10.9 Å². The van der Waals surface area contributed by atoms with Crippen LogP contribution in [0.2, 0.25) is 0 Å². The molecule has 6 heteroatoms. The van der Waals surface area contributed by atoms with Gasteiger partial charge in [0.2, 0.25) is 0 Å². The predicted octanol–water partition coefficient (Wildman–Crippen LogP) is 4.74. The molecule has 118 valence electrons. The summed E-state index contributed by atoms with van der Waals surface area (Å²) in [7, 11) is 0. The monoisotopic (exact) mass is 317 g/mol. The molecule has 0 radical (unpaired) electrons. The lowest BCUT2D eigenvalue weighted by molar-refractivity contribution is 0.363. The highest BCUT2D eigenvalue weighted by Crippen LogP contribution is 2.43. The van der Waals surface area contributed by atoms with Gasteiger partial charge in [0.15, 0.2) is 11.6 Å². The average Bonchev–Trinajstić information content (AvgIpc) is 3.30. The average molecular weight is 317 g/mol. The highest BCUT2D eigenvalue weighted by Gasteiger charge is 2.28. The summed E-state index contributed by atoms with van der Waals surface area (Å²) in [5.41, 5.74) is 2.37. The van der Waals surface area contributed by atoms with Crippen molar-refractivity contribution in [3.8, 4) is 11.3 Å². The molecular formula is C17H14F3N3. The maximum absolute atomic E-state index is 13.6. The lowest BCUT2D eigenvalue weighted by Crippen LogP contribution is -2.00. The highest BCUT2D eigenvalue weighted by molar-refractivity contribution is 5.87. The van der Waals surface area contributed by atoms with E-state index in [1.807, 2.05) is 4.57 Å². The molecule has 1 aliphatic carbocycles. The molecule has 1 aromatic carbocycles. The molecule has 2 aromatic heterocycles. The van der Waals surface area contributed by atoms with Crippen molar-refractivity contribution in [2.45, 2.75) is 32.0 Å². The Morgan fingerprint density at radius 2 is 1.87 bits per heavy atom. The number of hydrogen-bond acceptors (Lipinski definition) is 2. The van der Waals surface area contributed by atoms with Crippen LogP contribution in [-0.2, 0) is 0 Å². The molecular weight excluding hydrogens is 303 g/mol. The molecule has 0 saturated heterocycles. The van der Waals surface area contributed by atoms with Gasteiger partial charge in [0.1, 0.15) is 6.17 Å². The van der Waals surface area contributed by atoms with E-state index in [0.29, 0.717) is 16.5 Å². The summed E-state index contributed by atoms with van der Waals surface area (Å²) in [5, 5.41) is 8.26. The van der Waals surface area contributed by atoms with Gasteiger partial charge in [0, 0.05) is 23.1 Å². The van der Waals surface area contributed by atoms with Crippen molar-refractivity contribution in [1.82, 2.24) is 14.8 Å². The molecule has 1 fully saturated rings. The summed E-state index contributed by atoms with van der Waals surface area (Å²) in [6, 6.07) is 6.10. The van der Waals surface area contributed by atoms with E-state index in [2.05, 4.69) is 10.2 Å². The van der Waals surface area contributed by atoms with Crippen LogP contribution in [0.1, 0.15) is 37.7 Å². The van der Waals surface area contributed by atoms with Gasteiger partial charge in [0.25, 0.3) is 0 Å². The molecule has 1 atom stereocenters. The molecule has 0 amide bonds. The number of nitrogens with zero attached hydrogens (tertiary/aromatic N) is 3. The predicted molar refractivity (Wildman–Crippen MR) is 80.7 cm³/mol. The van der Waals surface area contributed by atoms with Crippen LogP contribution in [0, 0.1) is 11.6 Å². The topological polar surface area (TPSA) is 30.7 Å². The fraction of sp³-hybridized carbons (Fsp3) is 0.294. The van der Waals surface area contributed by atoms with Crippen LogP contribution < -0.4 is 0 Å². The summed E-state index contributed by atoms with van der Waals surface area (Å²) < 4.78 is 42.6. The van der Waals surface area contributed by atoms with E-state index in [1.54, 1.807) is 18.3 Å². The lowest BCUT2D eigenvalue weighted by atomic mass is 10.1. The first-order valence-electron chi connectivity index (χ1n) is 7.51. The molecule has 1 unspecified atom stereocenters. The van der Waals surface area contributed by atoms with Gasteiger partial charge >= 0.3 is 0 Å². The van der Waals surface area contributed by atoms with Gasteiger partial charge in [-0.15, -0.1) is 0 Å². The van der Waals surface area contributed by atoms with Crippen molar-refractivity contribution in [3.63, 3.8) is 0 Å². The summed E-state index contributed by atoms with van der Waals surface area (Å²) in [6.07, 6.45) is 2.29. The number of benzene rings is 1. The fourth-order valence-corrected chi connectivity index (χ4v) is 2.89. The minimum atomic E-state index is -1.23. The van der Waals surface area contributed by atoms with Crippen LogP contribution in [-0.4, -0.2) is 14.8 Å². The van der Waals surface area contributed by atoms with Gasteiger partial charge in [-0.1, -0.05) is 0 Å². The molecule has 1 saturated carbocycles. The first kappa shape index (κ1) is 14.2. The van der Waals surface area contributed by atoms with E-state index in [0.717, 1.165) is 18.5 Å². The maximum Gasteiger partial charge on any atom is 0.160 e. The largest absolute Gasteiger partial charge is 0.337 e. The van der Waals surface area contributed by atoms with E-state index in [9.17, 15) is 13.2 Å². The Hall–Kier alpha value is -2.37. The zero-order valence-electron chi connectivity index (χ0n) is 12.4. The zero-order valence-corrected chi connectivity index (χ0v) is 12.4. The van der Waals surface area contributed by atoms with Gasteiger partial charge in [-0.2, -0.15) is 10.2 Å². The smallest absolute Gasteiger partial charge is 0.160 e. The van der Waals surface area contributed by atoms with Crippen LogP contribution in [0.3, 0.4) is 0 Å². The zero-order chi connectivity index (χ0) is 16.1. The Balaban J connectivity index is 1.96. The molecule has 0 N–H and O–H groups in total. The van der Waals surface area contributed by atoms with Crippen molar-refractivity contribution in [1.29, 1.82) is 0 Å². The third kappa shape index (κ3) is 2.38. The second kappa shape index (κ2) is 5.08. The molecule has 0 bridgehead atoms. The summed E-state index contributed by atoms with van der Waals surface area (Å²) in [4.78, 5) is 0. The number of aromatic nitrogens is 3. The van der Waals surface area contributed by atoms with Crippen molar-refractivity contribution in [2.24, 2.45) is 0 Å². The molecule has 0 aliphatic heterocycles. The quantitative estimate of drug-likeness (QED) is 0.698. The van der Waals surface area contributed by atoms with Crippen molar-refractivity contribution in [3.05, 3.63) is 47.8 Å². The van der Waals surface area contributed by atoms with Gasteiger partial charge in [-0.3, -0.25) is 0 Å². The number of alkyl halides is 1. The van der Waals surface area contributed by atoms with Gasteiger partial charge in [-0.05, 0) is 38.0 Å². The van der Waals surface area contributed by atoms with E-state index in [-0.39, 0.29) is 11.7 Å². The van der Waals surface area contributed by atoms with Crippen LogP contribution in [0.4, 0.5) is 13.2 Å². The summed E-state index contributed by atoms with van der Waals surface area (Å²) in [6.45, 7) is 1.40. The molecule has 0 spiro atoms. The first-order valence-corrected chi connectivity index (χ1v) is 7.51. The van der Waals surface area contributed by atoms with Crippen LogP contribution >= 0.6 is 0 Å². The van der Waals surface area contributed by atoms with E-state index >= 15 is 0 Å². The molecule has 1 aliphatic rings. The highest BCUT2D eigenvalue weighted by atomic mass is 19.2. The number of hydrogen-bond donors (Lipinski definition) is 0. The minimum absolute atomic E-state index is 0.243. The number of halogens is 3. The van der Waals surface area contributed by atoms with Gasteiger partial charge < -0.3 is 4.57 Å². The second-order valence-electron chi connectivity index (χ2n) is 5.94. The van der Waals surface area contributed by atoms with Crippen molar-refractivity contribution in [2.75, 3.05) is 0 Å². The lowest BCUT2D eigenvalue weighted by Gasteiger charge is -2.10. The first-order chi connectivity index (χ1) is 11.0. The minimum Gasteiger partial charge on any atom is -0.337 e. The Labute approximate surface area is 130 Å². The van der Waals surface area contributed by atoms with Crippen LogP contribution in [0.25, 0.3) is 22.2 Å². The SMILES string of the molecule is CC(F)c1cc(-c2cc3cc(F)c(F)cc3n2C2CC2)cnn1.